The fraction of sp³-hybridized carbons (Fsp3) is 0.176. The molecule has 2 unspecified atom stereocenters. The number of rotatable bonds is 3. The second-order valence-electron chi connectivity index (χ2n) is 5.75. The SMILES string of the molecule is O=C(Nc1ccc2oc(=O)[nH]c2c1)C1CC(c2ccccc2)NN1. The molecule has 4 rings (SSSR count). The summed E-state index contributed by atoms with van der Waals surface area (Å²) in [6.07, 6.45) is 0.653. The number of carbonyl (C=O) groups excluding carboxylic acids is 1. The molecule has 4 N–H and O–H groups in total. The summed E-state index contributed by atoms with van der Waals surface area (Å²) in [6.45, 7) is 0. The van der Waals surface area contributed by atoms with Gasteiger partial charge in [-0.2, -0.15) is 0 Å². The number of fused-ring (bicyclic) bond motifs is 1. The van der Waals surface area contributed by atoms with Crippen molar-refractivity contribution >= 4 is 22.7 Å². The molecule has 2 heterocycles. The molecular weight excluding hydrogens is 308 g/mol. The number of aromatic nitrogens is 1. The van der Waals surface area contributed by atoms with Gasteiger partial charge in [-0.05, 0) is 30.2 Å². The van der Waals surface area contributed by atoms with E-state index in [1.807, 2.05) is 30.3 Å². The van der Waals surface area contributed by atoms with Crippen LogP contribution in [0.5, 0.6) is 0 Å². The van der Waals surface area contributed by atoms with Gasteiger partial charge < -0.3 is 9.73 Å². The average molecular weight is 324 g/mol. The third-order valence-corrected chi connectivity index (χ3v) is 4.11. The Labute approximate surface area is 137 Å². The van der Waals surface area contributed by atoms with Gasteiger partial charge >= 0.3 is 5.76 Å². The van der Waals surface area contributed by atoms with Crippen LogP contribution < -0.4 is 21.9 Å². The summed E-state index contributed by atoms with van der Waals surface area (Å²) >= 11 is 0. The molecule has 7 nitrogen and oxygen atoms in total. The highest BCUT2D eigenvalue weighted by Crippen LogP contribution is 2.23. The quantitative estimate of drug-likeness (QED) is 0.587. The Kier molecular flexibility index (Phi) is 3.64. The molecule has 1 aliphatic rings. The lowest BCUT2D eigenvalue weighted by Crippen LogP contribution is -2.39. The van der Waals surface area contributed by atoms with Crippen LogP contribution >= 0.6 is 0 Å². The molecule has 24 heavy (non-hydrogen) atoms. The summed E-state index contributed by atoms with van der Waals surface area (Å²) in [5.41, 5.74) is 8.93. The Morgan fingerprint density at radius 2 is 1.96 bits per heavy atom. The minimum absolute atomic E-state index is 0.0923. The summed E-state index contributed by atoms with van der Waals surface area (Å²) in [4.78, 5) is 26.2. The largest absolute Gasteiger partial charge is 0.417 e. The molecule has 0 radical (unpaired) electrons. The summed E-state index contributed by atoms with van der Waals surface area (Å²) in [7, 11) is 0. The number of hydrazine groups is 1. The first kappa shape index (κ1) is 14.7. The molecule has 1 saturated heterocycles. The van der Waals surface area contributed by atoms with Crippen LogP contribution in [0.4, 0.5) is 5.69 Å². The lowest BCUT2D eigenvalue weighted by atomic mass is 10.0. The maximum Gasteiger partial charge on any atom is 0.417 e. The number of oxazole rings is 1. The van der Waals surface area contributed by atoms with Crippen LogP contribution in [0.3, 0.4) is 0 Å². The van der Waals surface area contributed by atoms with E-state index in [4.69, 9.17) is 4.42 Å². The van der Waals surface area contributed by atoms with Crippen LogP contribution in [-0.4, -0.2) is 16.9 Å². The Hall–Kier alpha value is -2.90. The van der Waals surface area contributed by atoms with E-state index in [-0.39, 0.29) is 18.0 Å². The van der Waals surface area contributed by atoms with Crippen LogP contribution in [0.15, 0.2) is 57.7 Å². The van der Waals surface area contributed by atoms with Crippen LogP contribution in [0.1, 0.15) is 18.0 Å². The molecule has 2 aromatic carbocycles. The van der Waals surface area contributed by atoms with Crippen LogP contribution in [-0.2, 0) is 4.79 Å². The molecule has 0 aliphatic carbocycles. The highest BCUT2D eigenvalue weighted by Gasteiger charge is 2.30. The van der Waals surface area contributed by atoms with Gasteiger partial charge in [0.2, 0.25) is 5.91 Å². The highest BCUT2D eigenvalue weighted by atomic mass is 16.4. The number of benzene rings is 2. The number of amides is 1. The lowest BCUT2D eigenvalue weighted by Gasteiger charge is -2.10. The first-order chi connectivity index (χ1) is 11.7. The zero-order chi connectivity index (χ0) is 16.5. The minimum atomic E-state index is -0.513. The average Bonchev–Trinajstić information content (AvgIpc) is 3.21. The van der Waals surface area contributed by atoms with Crippen molar-refractivity contribution in [3.8, 4) is 0 Å². The molecule has 1 amide bonds. The standard InChI is InChI=1S/C17H16N4O3/c22-16(14-9-12(20-21-14)10-4-2-1-3-5-10)18-11-6-7-15-13(8-11)19-17(23)24-15/h1-8,12,14,20-21H,9H2,(H,18,22)(H,19,23). The zero-order valence-corrected chi connectivity index (χ0v) is 12.7. The normalized spacial score (nSPS) is 20.3. The molecule has 3 aromatic rings. The molecule has 0 bridgehead atoms. The van der Waals surface area contributed by atoms with Gasteiger partial charge in [0.1, 0.15) is 6.04 Å². The molecule has 0 saturated carbocycles. The summed E-state index contributed by atoms with van der Waals surface area (Å²) in [6, 6.07) is 14.8. The number of anilines is 1. The Bertz CT molecular complexity index is 932. The second-order valence-corrected chi connectivity index (χ2v) is 5.75. The van der Waals surface area contributed by atoms with Crippen molar-refractivity contribution in [3.05, 3.63) is 64.6 Å². The van der Waals surface area contributed by atoms with E-state index in [1.54, 1.807) is 18.2 Å². The van der Waals surface area contributed by atoms with Gasteiger partial charge in [-0.1, -0.05) is 30.3 Å². The van der Waals surface area contributed by atoms with Crippen molar-refractivity contribution in [2.45, 2.75) is 18.5 Å². The highest BCUT2D eigenvalue weighted by molar-refractivity contribution is 5.96. The van der Waals surface area contributed by atoms with Crippen LogP contribution in [0.25, 0.3) is 11.1 Å². The predicted octanol–water partition coefficient (Wildman–Crippen LogP) is 1.67. The molecule has 1 fully saturated rings. The van der Waals surface area contributed by atoms with E-state index in [0.29, 0.717) is 23.2 Å². The lowest BCUT2D eigenvalue weighted by molar-refractivity contribution is -0.117. The fourth-order valence-electron chi connectivity index (χ4n) is 2.89. The van der Waals surface area contributed by atoms with Gasteiger partial charge in [-0.25, -0.2) is 15.6 Å². The first-order valence-corrected chi connectivity index (χ1v) is 7.69. The van der Waals surface area contributed by atoms with Gasteiger partial charge in [-0.3, -0.25) is 9.78 Å². The smallest absolute Gasteiger partial charge is 0.408 e. The van der Waals surface area contributed by atoms with E-state index in [9.17, 15) is 9.59 Å². The van der Waals surface area contributed by atoms with Gasteiger partial charge in [0.25, 0.3) is 0 Å². The van der Waals surface area contributed by atoms with Crippen molar-refractivity contribution in [1.29, 1.82) is 0 Å². The molecule has 1 aromatic heterocycles. The van der Waals surface area contributed by atoms with Gasteiger partial charge in [0, 0.05) is 11.7 Å². The fourth-order valence-corrected chi connectivity index (χ4v) is 2.89. The monoisotopic (exact) mass is 324 g/mol. The van der Waals surface area contributed by atoms with E-state index >= 15 is 0 Å². The van der Waals surface area contributed by atoms with Crippen molar-refractivity contribution < 1.29 is 9.21 Å². The first-order valence-electron chi connectivity index (χ1n) is 7.69. The third kappa shape index (κ3) is 2.82. The summed E-state index contributed by atoms with van der Waals surface area (Å²) in [5.74, 6) is -0.646. The molecular formula is C17H16N4O3. The maximum atomic E-state index is 12.4. The van der Waals surface area contributed by atoms with Gasteiger partial charge in [0.05, 0.1) is 5.52 Å². The third-order valence-electron chi connectivity index (χ3n) is 4.11. The summed E-state index contributed by atoms with van der Waals surface area (Å²) < 4.78 is 4.94. The number of nitrogens with one attached hydrogen (secondary N) is 4. The number of aromatic amines is 1. The molecule has 7 heteroatoms. The second kappa shape index (κ2) is 5.95. The molecule has 122 valence electrons. The van der Waals surface area contributed by atoms with E-state index in [0.717, 1.165) is 5.56 Å². The van der Waals surface area contributed by atoms with Crippen molar-refractivity contribution in [1.82, 2.24) is 15.8 Å². The zero-order valence-electron chi connectivity index (χ0n) is 12.7. The molecule has 2 atom stereocenters. The van der Waals surface area contributed by atoms with Crippen molar-refractivity contribution in [3.63, 3.8) is 0 Å². The Morgan fingerprint density at radius 1 is 1.12 bits per heavy atom. The Balaban J connectivity index is 1.45. The van der Waals surface area contributed by atoms with Crippen LogP contribution in [0.2, 0.25) is 0 Å². The number of hydrogen-bond acceptors (Lipinski definition) is 5. The van der Waals surface area contributed by atoms with Crippen LogP contribution in [0, 0.1) is 0 Å². The van der Waals surface area contributed by atoms with Gasteiger partial charge in [0.15, 0.2) is 5.58 Å². The maximum absolute atomic E-state index is 12.4. The molecule has 0 spiro atoms. The van der Waals surface area contributed by atoms with Crippen molar-refractivity contribution in [2.75, 3.05) is 5.32 Å². The number of hydrogen-bond donors (Lipinski definition) is 4. The van der Waals surface area contributed by atoms with Gasteiger partial charge in [-0.15, -0.1) is 0 Å². The molecule has 1 aliphatic heterocycles. The topological polar surface area (TPSA) is 99.2 Å². The van der Waals surface area contributed by atoms with E-state index in [2.05, 4.69) is 21.2 Å². The minimum Gasteiger partial charge on any atom is -0.408 e. The number of carbonyl (C=O) groups is 1. The van der Waals surface area contributed by atoms with E-state index in [1.165, 1.54) is 0 Å². The predicted molar refractivity (Wildman–Crippen MR) is 89.3 cm³/mol. The Morgan fingerprint density at radius 3 is 2.79 bits per heavy atom. The van der Waals surface area contributed by atoms with Crippen molar-refractivity contribution in [2.24, 2.45) is 0 Å². The van der Waals surface area contributed by atoms with E-state index < -0.39 is 5.76 Å². The summed E-state index contributed by atoms with van der Waals surface area (Å²) in [5, 5.41) is 2.85. The number of H-pyrrole nitrogens is 1.